The maximum absolute atomic E-state index is 12.4. The van der Waals surface area contributed by atoms with Crippen molar-refractivity contribution in [3.05, 3.63) is 24.3 Å². The first kappa shape index (κ1) is 14.3. The van der Waals surface area contributed by atoms with Crippen molar-refractivity contribution in [2.24, 2.45) is 5.92 Å². The summed E-state index contributed by atoms with van der Waals surface area (Å²) in [5.74, 6) is -2.72. The fourth-order valence-corrected chi connectivity index (χ4v) is 2.56. The summed E-state index contributed by atoms with van der Waals surface area (Å²) in [5, 5.41) is 2.74. The molecule has 0 aromatic heterocycles. The van der Waals surface area contributed by atoms with Gasteiger partial charge in [-0.3, -0.25) is 4.79 Å². The van der Waals surface area contributed by atoms with Gasteiger partial charge >= 0.3 is 0 Å². The minimum Gasteiger partial charge on any atom is -0.381 e. The number of nitrogens with one attached hydrogen (secondary N) is 1. The first-order chi connectivity index (χ1) is 9.16. The molecule has 0 unspecified atom stereocenters. The maximum Gasteiger partial charge on any atom is 0.288 e. The van der Waals surface area contributed by atoms with Crippen LogP contribution in [0.25, 0.3) is 0 Å². The molecule has 0 atom stereocenters. The first-order valence-corrected chi connectivity index (χ1v) is 6.97. The van der Waals surface area contributed by atoms with Gasteiger partial charge in [0.25, 0.3) is 5.76 Å². The minimum atomic E-state index is -2.50. The third kappa shape index (κ3) is 4.18. The van der Waals surface area contributed by atoms with Crippen LogP contribution in [-0.2, 0) is 9.53 Å². The summed E-state index contributed by atoms with van der Waals surface area (Å²) < 4.78 is 30.0. The van der Waals surface area contributed by atoms with Crippen molar-refractivity contribution in [2.45, 2.75) is 23.5 Å². The Balaban J connectivity index is 2.03. The van der Waals surface area contributed by atoms with E-state index in [1.807, 2.05) is 0 Å². The molecule has 1 aliphatic rings. The van der Waals surface area contributed by atoms with Gasteiger partial charge in [0.05, 0.1) is 5.69 Å². The van der Waals surface area contributed by atoms with Crippen LogP contribution in [0.2, 0.25) is 0 Å². The minimum absolute atomic E-state index is 0.0987. The Hall–Kier alpha value is -1.14. The summed E-state index contributed by atoms with van der Waals surface area (Å²) in [6, 6.07) is 6.61. The Morgan fingerprint density at radius 1 is 1.32 bits per heavy atom. The van der Waals surface area contributed by atoms with Crippen molar-refractivity contribution >= 4 is 23.4 Å². The van der Waals surface area contributed by atoms with Gasteiger partial charge in [-0.1, -0.05) is 23.9 Å². The summed E-state index contributed by atoms with van der Waals surface area (Å²) in [7, 11) is 0. The molecule has 3 nitrogen and oxygen atoms in total. The topological polar surface area (TPSA) is 38.3 Å². The van der Waals surface area contributed by atoms with Gasteiger partial charge in [0, 0.05) is 24.0 Å². The van der Waals surface area contributed by atoms with Crippen LogP contribution in [0.4, 0.5) is 14.5 Å². The molecule has 1 fully saturated rings. The van der Waals surface area contributed by atoms with E-state index in [4.69, 9.17) is 4.74 Å². The molecule has 2 rings (SSSR count). The largest absolute Gasteiger partial charge is 0.381 e. The lowest BCUT2D eigenvalue weighted by atomic mass is 9.99. The fourth-order valence-electron chi connectivity index (χ4n) is 1.96. The molecule has 1 saturated heterocycles. The van der Waals surface area contributed by atoms with Gasteiger partial charge in [-0.05, 0) is 25.0 Å². The second-order valence-electron chi connectivity index (χ2n) is 4.25. The van der Waals surface area contributed by atoms with Crippen molar-refractivity contribution in [1.29, 1.82) is 0 Å². The van der Waals surface area contributed by atoms with E-state index in [9.17, 15) is 13.6 Å². The molecule has 1 aromatic rings. The number of hydrogen-bond donors (Lipinski definition) is 1. The average Bonchev–Trinajstić information content (AvgIpc) is 2.41. The van der Waals surface area contributed by atoms with Crippen LogP contribution in [0.15, 0.2) is 29.2 Å². The van der Waals surface area contributed by atoms with E-state index in [0.29, 0.717) is 48.4 Å². The van der Waals surface area contributed by atoms with Gasteiger partial charge in [0.2, 0.25) is 5.91 Å². The lowest BCUT2D eigenvalue weighted by Gasteiger charge is -2.21. The molecular formula is C13H15F2NO2S. The van der Waals surface area contributed by atoms with Gasteiger partial charge in [-0.2, -0.15) is 8.78 Å². The summed E-state index contributed by atoms with van der Waals surface area (Å²) in [5.41, 5.74) is 0.448. The molecule has 1 aromatic carbocycles. The lowest BCUT2D eigenvalue weighted by Crippen LogP contribution is -2.28. The molecule has 0 spiro atoms. The normalized spacial score (nSPS) is 16.6. The van der Waals surface area contributed by atoms with E-state index >= 15 is 0 Å². The summed E-state index contributed by atoms with van der Waals surface area (Å²) in [4.78, 5) is 12.4. The zero-order valence-electron chi connectivity index (χ0n) is 10.3. The van der Waals surface area contributed by atoms with Crippen LogP contribution in [0.5, 0.6) is 0 Å². The number of hydrogen-bond acceptors (Lipinski definition) is 3. The molecule has 0 radical (unpaired) electrons. The number of carbonyl (C=O) groups excluding carboxylic acids is 1. The SMILES string of the molecule is O=C(Nc1ccccc1SC(F)F)C1CCOCC1. The first-order valence-electron chi connectivity index (χ1n) is 6.09. The van der Waals surface area contributed by atoms with Gasteiger partial charge in [0.1, 0.15) is 0 Å². The number of carbonyl (C=O) groups is 1. The molecule has 1 amide bonds. The number of halogens is 2. The number of anilines is 1. The zero-order chi connectivity index (χ0) is 13.7. The Kier molecular flexibility index (Phi) is 5.15. The van der Waals surface area contributed by atoms with Crippen molar-refractivity contribution < 1.29 is 18.3 Å². The Morgan fingerprint density at radius 3 is 2.68 bits per heavy atom. The van der Waals surface area contributed by atoms with E-state index < -0.39 is 5.76 Å². The smallest absolute Gasteiger partial charge is 0.288 e. The highest BCUT2D eigenvalue weighted by Crippen LogP contribution is 2.32. The highest BCUT2D eigenvalue weighted by Gasteiger charge is 2.22. The molecule has 1 aliphatic heterocycles. The number of alkyl halides is 2. The number of benzene rings is 1. The fraction of sp³-hybridized carbons (Fsp3) is 0.462. The number of rotatable bonds is 4. The molecular weight excluding hydrogens is 272 g/mol. The Morgan fingerprint density at radius 2 is 2.00 bits per heavy atom. The number of ether oxygens (including phenoxy) is 1. The van der Waals surface area contributed by atoms with E-state index in [0.717, 1.165) is 0 Å². The van der Waals surface area contributed by atoms with Gasteiger partial charge in [-0.25, -0.2) is 0 Å². The monoisotopic (exact) mass is 287 g/mol. The average molecular weight is 287 g/mol. The summed E-state index contributed by atoms with van der Waals surface area (Å²) >= 11 is 0.441. The molecule has 19 heavy (non-hydrogen) atoms. The van der Waals surface area contributed by atoms with Gasteiger partial charge < -0.3 is 10.1 Å². The van der Waals surface area contributed by atoms with E-state index in [2.05, 4.69) is 5.32 Å². The molecule has 104 valence electrons. The highest BCUT2D eigenvalue weighted by molar-refractivity contribution is 7.99. The Bertz CT molecular complexity index is 436. The van der Waals surface area contributed by atoms with Crippen LogP contribution >= 0.6 is 11.8 Å². The van der Waals surface area contributed by atoms with Gasteiger partial charge in [-0.15, -0.1) is 0 Å². The van der Waals surface area contributed by atoms with Crippen molar-refractivity contribution in [1.82, 2.24) is 0 Å². The predicted octanol–water partition coefficient (Wildman–Crippen LogP) is 3.37. The van der Waals surface area contributed by atoms with Crippen molar-refractivity contribution in [2.75, 3.05) is 18.5 Å². The lowest BCUT2D eigenvalue weighted by molar-refractivity contribution is -0.122. The maximum atomic E-state index is 12.4. The van der Waals surface area contributed by atoms with E-state index in [1.165, 1.54) is 0 Å². The molecule has 0 bridgehead atoms. The highest BCUT2D eigenvalue weighted by atomic mass is 32.2. The van der Waals surface area contributed by atoms with Crippen LogP contribution in [-0.4, -0.2) is 24.9 Å². The van der Waals surface area contributed by atoms with E-state index in [-0.39, 0.29) is 11.8 Å². The van der Waals surface area contributed by atoms with Crippen LogP contribution in [0.1, 0.15) is 12.8 Å². The summed E-state index contributed by atoms with van der Waals surface area (Å²) in [6.45, 7) is 1.15. The van der Waals surface area contributed by atoms with Crippen LogP contribution < -0.4 is 5.32 Å². The molecule has 0 saturated carbocycles. The second kappa shape index (κ2) is 6.86. The van der Waals surface area contributed by atoms with Crippen LogP contribution in [0.3, 0.4) is 0 Å². The predicted molar refractivity (Wildman–Crippen MR) is 70.5 cm³/mol. The van der Waals surface area contributed by atoms with Crippen molar-refractivity contribution in [3.63, 3.8) is 0 Å². The molecule has 6 heteroatoms. The molecule has 1 N–H and O–H groups in total. The molecule has 1 heterocycles. The van der Waals surface area contributed by atoms with Gasteiger partial charge in [0.15, 0.2) is 0 Å². The standard InChI is InChI=1S/C13H15F2NO2S/c14-13(15)19-11-4-2-1-3-10(11)16-12(17)9-5-7-18-8-6-9/h1-4,9,13H,5-8H2,(H,16,17). The summed E-state index contributed by atoms with van der Waals surface area (Å²) in [6.07, 6.45) is 1.35. The quantitative estimate of drug-likeness (QED) is 0.863. The zero-order valence-corrected chi connectivity index (χ0v) is 11.1. The second-order valence-corrected chi connectivity index (χ2v) is 5.28. The van der Waals surface area contributed by atoms with Crippen molar-refractivity contribution in [3.8, 4) is 0 Å². The molecule has 0 aliphatic carbocycles. The van der Waals surface area contributed by atoms with E-state index in [1.54, 1.807) is 24.3 Å². The Labute approximate surface area is 114 Å². The third-order valence-corrected chi connectivity index (χ3v) is 3.74. The number of amides is 1. The third-order valence-electron chi connectivity index (χ3n) is 2.95. The number of thioether (sulfide) groups is 1. The van der Waals surface area contributed by atoms with Crippen LogP contribution in [0, 0.1) is 5.92 Å². The number of para-hydroxylation sites is 1.